The van der Waals surface area contributed by atoms with E-state index >= 15 is 0 Å². The highest BCUT2D eigenvalue weighted by Crippen LogP contribution is 2.34. The van der Waals surface area contributed by atoms with Crippen molar-refractivity contribution in [1.82, 2.24) is 0 Å². The molecule has 110 valence electrons. The first-order valence-corrected chi connectivity index (χ1v) is 8.10. The van der Waals surface area contributed by atoms with Crippen LogP contribution >= 0.6 is 0 Å². The van der Waals surface area contributed by atoms with E-state index in [9.17, 15) is 4.79 Å². The number of likely N-dealkylation sites (tertiary alicyclic amines) is 1. The number of piperidine rings is 1. The summed E-state index contributed by atoms with van der Waals surface area (Å²) < 4.78 is 0. The summed E-state index contributed by atoms with van der Waals surface area (Å²) in [5.74, 6) is 2.46. The molecule has 1 heterocycles. The van der Waals surface area contributed by atoms with Crippen molar-refractivity contribution in [3.8, 4) is 0 Å². The summed E-state index contributed by atoms with van der Waals surface area (Å²) in [6, 6.07) is 0. The minimum Gasteiger partial charge on any atom is -0.481 e. The number of carboxylic acid groups (broad SMARTS) is 1. The minimum atomic E-state index is -0.619. The monoisotopic (exact) mass is 268 g/mol. The Morgan fingerprint density at radius 2 is 2.05 bits per heavy atom. The van der Waals surface area contributed by atoms with Gasteiger partial charge in [0, 0.05) is 11.8 Å². The first kappa shape index (κ1) is 14.8. The predicted octanol–water partition coefficient (Wildman–Crippen LogP) is 1.83. The largest absolute Gasteiger partial charge is 0.481 e. The van der Waals surface area contributed by atoms with E-state index in [1.54, 1.807) is 4.90 Å². The van der Waals surface area contributed by atoms with Gasteiger partial charge < -0.3 is 10.0 Å². The Bertz CT molecular complexity index is 303. The summed E-state index contributed by atoms with van der Waals surface area (Å²) >= 11 is 0. The summed E-state index contributed by atoms with van der Waals surface area (Å²) in [4.78, 5) is 12.5. The molecule has 0 aromatic rings. The molecular formula is C16H30NO2+. The van der Waals surface area contributed by atoms with Crippen molar-refractivity contribution >= 4 is 5.97 Å². The van der Waals surface area contributed by atoms with E-state index in [-0.39, 0.29) is 0 Å². The average Bonchev–Trinajstić information content (AvgIpc) is 2.77. The third-order valence-corrected chi connectivity index (χ3v) is 5.29. The Kier molecular flexibility index (Phi) is 5.26. The van der Waals surface area contributed by atoms with Crippen LogP contribution in [0.5, 0.6) is 0 Å². The van der Waals surface area contributed by atoms with E-state index in [2.05, 4.69) is 13.8 Å². The van der Waals surface area contributed by atoms with E-state index in [0.29, 0.717) is 12.3 Å². The number of aliphatic carboxylic acids is 1. The van der Waals surface area contributed by atoms with Gasteiger partial charge in [-0.05, 0) is 43.9 Å². The second-order valence-electron chi connectivity index (χ2n) is 7.20. The molecule has 2 fully saturated rings. The zero-order valence-electron chi connectivity index (χ0n) is 12.5. The Hall–Kier alpha value is -0.570. The van der Waals surface area contributed by atoms with E-state index in [1.807, 2.05) is 0 Å². The van der Waals surface area contributed by atoms with Crippen LogP contribution in [0.1, 0.15) is 52.4 Å². The lowest BCUT2D eigenvalue weighted by Crippen LogP contribution is -3.14. The van der Waals surface area contributed by atoms with E-state index in [4.69, 9.17) is 5.11 Å². The molecule has 0 radical (unpaired) electrons. The quantitative estimate of drug-likeness (QED) is 0.799. The first-order chi connectivity index (χ1) is 9.04. The SMILES string of the molecule is CC(C)C1CCC(C[NH+]2CCCC(CC(=O)O)C2)C1. The molecular weight excluding hydrogens is 238 g/mol. The molecule has 0 aromatic carbocycles. The topological polar surface area (TPSA) is 41.7 Å². The first-order valence-electron chi connectivity index (χ1n) is 8.10. The van der Waals surface area contributed by atoms with Gasteiger partial charge in [0.05, 0.1) is 26.1 Å². The summed E-state index contributed by atoms with van der Waals surface area (Å²) in [6.45, 7) is 8.35. The lowest BCUT2D eigenvalue weighted by molar-refractivity contribution is -0.912. The molecule has 0 spiro atoms. The molecule has 1 aliphatic carbocycles. The molecule has 2 N–H and O–H groups in total. The van der Waals surface area contributed by atoms with Crippen LogP contribution in [-0.2, 0) is 4.79 Å². The van der Waals surface area contributed by atoms with Gasteiger partial charge in [-0.3, -0.25) is 4.79 Å². The third-order valence-electron chi connectivity index (χ3n) is 5.29. The molecule has 1 aliphatic heterocycles. The zero-order valence-corrected chi connectivity index (χ0v) is 12.5. The highest BCUT2D eigenvalue weighted by Gasteiger charge is 2.32. The maximum atomic E-state index is 10.8. The second kappa shape index (κ2) is 6.74. The lowest BCUT2D eigenvalue weighted by Gasteiger charge is -2.31. The van der Waals surface area contributed by atoms with E-state index in [0.717, 1.165) is 30.7 Å². The summed E-state index contributed by atoms with van der Waals surface area (Å²) in [7, 11) is 0. The predicted molar refractivity (Wildman–Crippen MR) is 76.2 cm³/mol. The van der Waals surface area contributed by atoms with Crippen LogP contribution in [0.15, 0.2) is 0 Å². The highest BCUT2D eigenvalue weighted by atomic mass is 16.4. The van der Waals surface area contributed by atoms with E-state index in [1.165, 1.54) is 38.8 Å². The normalized spacial score (nSPS) is 35.7. The maximum Gasteiger partial charge on any atom is 0.303 e. The number of hydrogen-bond acceptors (Lipinski definition) is 1. The van der Waals surface area contributed by atoms with Gasteiger partial charge >= 0.3 is 5.97 Å². The summed E-state index contributed by atoms with van der Waals surface area (Å²) in [5.41, 5.74) is 0. The van der Waals surface area contributed by atoms with Crippen LogP contribution in [0, 0.1) is 23.7 Å². The molecule has 2 aliphatic rings. The van der Waals surface area contributed by atoms with Crippen molar-refractivity contribution in [2.24, 2.45) is 23.7 Å². The molecule has 4 unspecified atom stereocenters. The molecule has 0 bridgehead atoms. The van der Waals surface area contributed by atoms with Gasteiger partial charge in [0.2, 0.25) is 0 Å². The van der Waals surface area contributed by atoms with Crippen LogP contribution in [0.2, 0.25) is 0 Å². The van der Waals surface area contributed by atoms with Gasteiger partial charge in [-0.15, -0.1) is 0 Å². The molecule has 19 heavy (non-hydrogen) atoms. The fourth-order valence-electron chi connectivity index (χ4n) is 4.17. The Morgan fingerprint density at radius 3 is 2.68 bits per heavy atom. The van der Waals surface area contributed by atoms with E-state index < -0.39 is 5.97 Å². The molecule has 0 aromatic heterocycles. The standard InChI is InChI=1S/C16H29NO2/c1-12(2)15-6-5-14(8-15)11-17-7-3-4-13(10-17)9-16(18)19/h12-15H,3-11H2,1-2H3,(H,18,19)/p+1. The number of carbonyl (C=O) groups is 1. The van der Waals surface area contributed by atoms with Crippen molar-refractivity contribution in [3.05, 3.63) is 0 Å². The van der Waals surface area contributed by atoms with Crippen LogP contribution in [0.4, 0.5) is 0 Å². The molecule has 1 saturated carbocycles. The van der Waals surface area contributed by atoms with Crippen molar-refractivity contribution in [3.63, 3.8) is 0 Å². The number of hydrogen-bond donors (Lipinski definition) is 2. The Morgan fingerprint density at radius 1 is 1.26 bits per heavy atom. The third kappa shape index (κ3) is 4.48. The highest BCUT2D eigenvalue weighted by molar-refractivity contribution is 5.67. The molecule has 3 heteroatoms. The summed E-state index contributed by atoms with van der Waals surface area (Å²) in [5, 5.41) is 8.92. The number of carboxylic acids is 1. The minimum absolute atomic E-state index is 0.378. The van der Waals surface area contributed by atoms with Crippen LogP contribution < -0.4 is 4.90 Å². The number of nitrogens with one attached hydrogen (secondary N) is 1. The van der Waals surface area contributed by atoms with Crippen molar-refractivity contribution in [1.29, 1.82) is 0 Å². The molecule has 4 atom stereocenters. The zero-order chi connectivity index (χ0) is 13.8. The Balaban J connectivity index is 1.75. The van der Waals surface area contributed by atoms with Crippen LogP contribution in [0.3, 0.4) is 0 Å². The van der Waals surface area contributed by atoms with Crippen molar-refractivity contribution < 1.29 is 14.8 Å². The molecule has 2 rings (SSSR count). The van der Waals surface area contributed by atoms with Gasteiger partial charge in [0.1, 0.15) is 0 Å². The lowest BCUT2D eigenvalue weighted by atomic mass is 9.92. The smallest absolute Gasteiger partial charge is 0.303 e. The average molecular weight is 268 g/mol. The van der Waals surface area contributed by atoms with Gasteiger partial charge in [-0.25, -0.2) is 0 Å². The number of quaternary nitrogens is 1. The molecule has 0 amide bonds. The van der Waals surface area contributed by atoms with Crippen LogP contribution in [0.25, 0.3) is 0 Å². The van der Waals surface area contributed by atoms with Crippen molar-refractivity contribution in [2.45, 2.75) is 52.4 Å². The molecule has 3 nitrogen and oxygen atoms in total. The Labute approximate surface area is 117 Å². The molecule has 1 saturated heterocycles. The summed E-state index contributed by atoms with van der Waals surface area (Å²) in [6.07, 6.45) is 6.93. The van der Waals surface area contributed by atoms with Crippen molar-refractivity contribution in [2.75, 3.05) is 19.6 Å². The fourth-order valence-corrected chi connectivity index (χ4v) is 4.17. The number of rotatable bonds is 5. The van der Waals surface area contributed by atoms with Gasteiger partial charge in [-0.1, -0.05) is 13.8 Å². The van der Waals surface area contributed by atoms with Gasteiger partial charge in [-0.2, -0.15) is 0 Å². The fraction of sp³-hybridized carbons (Fsp3) is 0.938. The second-order valence-corrected chi connectivity index (χ2v) is 7.20. The van der Waals surface area contributed by atoms with Crippen LogP contribution in [-0.4, -0.2) is 30.7 Å². The van der Waals surface area contributed by atoms with Gasteiger partial charge in [0.15, 0.2) is 0 Å². The van der Waals surface area contributed by atoms with Gasteiger partial charge in [0.25, 0.3) is 0 Å². The maximum absolute atomic E-state index is 10.8.